The summed E-state index contributed by atoms with van der Waals surface area (Å²) in [4.78, 5) is 0. The molecule has 1 N–H and O–H groups in total. The van der Waals surface area contributed by atoms with Crippen LogP contribution in [0.5, 0.6) is 5.75 Å². The van der Waals surface area contributed by atoms with Crippen LogP contribution in [0.25, 0.3) is 0 Å². The van der Waals surface area contributed by atoms with Gasteiger partial charge in [0.25, 0.3) is 0 Å². The maximum atomic E-state index is 5.79. The fourth-order valence-electron chi connectivity index (χ4n) is 2.15. The van der Waals surface area contributed by atoms with Crippen LogP contribution in [0.15, 0.2) is 67.3 Å². The number of benzene rings is 2. The monoisotopic (exact) mass is 281 g/mol. The molecule has 0 bridgehead atoms. The van der Waals surface area contributed by atoms with Gasteiger partial charge in [-0.1, -0.05) is 48.5 Å². The molecule has 0 aliphatic rings. The van der Waals surface area contributed by atoms with Gasteiger partial charge in [0.15, 0.2) is 0 Å². The van der Waals surface area contributed by atoms with E-state index >= 15 is 0 Å². The largest absolute Gasteiger partial charge is 0.489 e. The number of rotatable bonds is 7. The molecule has 2 atom stereocenters. The van der Waals surface area contributed by atoms with E-state index < -0.39 is 0 Å². The second-order valence-corrected chi connectivity index (χ2v) is 5.26. The molecule has 0 radical (unpaired) electrons. The topological polar surface area (TPSA) is 21.3 Å². The summed E-state index contributed by atoms with van der Waals surface area (Å²) in [5, 5.41) is 3.46. The molecular formula is C19H23NO. The van der Waals surface area contributed by atoms with Gasteiger partial charge >= 0.3 is 0 Å². The van der Waals surface area contributed by atoms with Crippen LogP contribution in [-0.4, -0.2) is 6.04 Å². The van der Waals surface area contributed by atoms with Crippen LogP contribution < -0.4 is 10.1 Å². The number of ether oxygens (including phenoxy) is 1. The van der Waals surface area contributed by atoms with Crippen molar-refractivity contribution in [1.82, 2.24) is 5.32 Å². The minimum Gasteiger partial charge on any atom is -0.489 e. The van der Waals surface area contributed by atoms with E-state index in [1.54, 1.807) is 0 Å². The molecule has 0 spiro atoms. The second-order valence-electron chi connectivity index (χ2n) is 5.26. The lowest BCUT2D eigenvalue weighted by Gasteiger charge is -2.18. The van der Waals surface area contributed by atoms with Gasteiger partial charge in [-0.15, -0.1) is 6.58 Å². The van der Waals surface area contributed by atoms with E-state index in [4.69, 9.17) is 4.74 Å². The molecule has 21 heavy (non-hydrogen) atoms. The Morgan fingerprint density at radius 3 is 2.33 bits per heavy atom. The van der Waals surface area contributed by atoms with Crippen LogP contribution in [-0.2, 0) is 6.61 Å². The molecule has 0 saturated heterocycles. The second kappa shape index (κ2) is 7.65. The van der Waals surface area contributed by atoms with Crippen molar-refractivity contribution >= 4 is 0 Å². The van der Waals surface area contributed by atoms with Crippen molar-refractivity contribution in [2.75, 3.05) is 0 Å². The van der Waals surface area contributed by atoms with Crippen LogP contribution >= 0.6 is 0 Å². The summed E-state index contributed by atoms with van der Waals surface area (Å²) in [5.41, 5.74) is 2.42. The molecule has 0 amide bonds. The molecule has 0 saturated carbocycles. The fraction of sp³-hybridized carbons (Fsp3) is 0.263. The predicted octanol–water partition coefficient (Wildman–Crippen LogP) is 4.49. The summed E-state index contributed by atoms with van der Waals surface area (Å²) in [6.07, 6.45) is 1.91. The molecule has 0 aromatic heterocycles. The van der Waals surface area contributed by atoms with Crippen molar-refractivity contribution in [3.8, 4) is 5.75 Å². The van der Waals surface area contributed by atoms with E-state index in [9.17, 15) is 0 Å². The maximum Gasteiger partial charge on any atom is 0.119 e. The maximum absolute atomic E-state index is 5.79. The Labute approximate surface area is 127 Å². The summed E-state index contributed by atoms with van der Waals surface area (Å²) in [6, 6.07) is 19.0. The first-order valence-corrected chi connectivity index (χ1v) is 7.34. The Balaban J connectivity index is 1.91. The van der Waals surface area contributed by atoms with Gasteiger partial charge in [-0.3, -0.25) is 0 Å². The average molecular weight is 281 g/mol. The van der Waals surface area contributed by atoms with E-state index in [1.165, 1.54) is 11.1 Å². The molecule has 0 aliphatic heterocycles. The van der Waals surface area contributed by atoms with Gasteiger partial charge in [0.1, 0.15) is 12.4 Å². The van der Waals surface area contributed by atoms with Gasteiger partial charge < -0.3 is 10.1 Å². The summed E-state index contributed by atoms with van der Waals surface area (Å²) >= 11 is 0. The average Bonchev–Trinajstić information content (AvgIpc) is 2.54. The van der Waals surface area contributed by atoms with Gasteiger partial charge in [-0.25, -0.2) is 0 Å². The normalized spacial score (nSPS) is 13.4. The van der Waals surface area contributed by atoms with Crippen molar-refractivity contribution in [2.45, 2.75) is 32.5 Å². The zero-order valence-corrected chi connectivity index (χ0v) is 12.8. The van der Waals surface area contributed by atoms with E-state index in [2.05, 4.69) is 50.0 Å². The van der Waals surface area contributed by atoms with Gasteiger partial charge in [-0.2, -0.15) is 0 Å². The summed E-state index contributed by atoms with van der Waals surface area (Å²) in [5.74, 6) is 0.895. The van der Waals surface area contributed by atoms with E-state index in [-0.39, 0.29) is 0 Å². The van der Waals surface area contributed by atoms with E-state index in [0.29, 0.717) is 18.7 Å². The highest BCUT2D eigenvalue weighted by atomic mass is 16.5. The van der Waals surface area contributed by atoms with E-state index in [0.717, 1.165) is 5.75 Å². The van der Waals surface area contributed by atoms with Crippen LogP contribution in [0.3, 0.4) is 0 Å². The first-order valence-electron chi connectivity index (χ1n) is 7.34. The zero-order valence-electron chi connectivity index (χ0n) is 12.8. The molecule has 0 fully saturated rings. The Morgan fingerprint density at radius 2 is 1.71 bits per heavy atom. The molecular weight excluding hydrogens is 258 g/mol. The van der Waals surface area contributed by atoms with Crippen LogP contribution in [0.4, 0.5) is 0 Å². The third kappa shape index (κ3) is 4.76. The SMILES string of the molecule is C=CC(C)NC(C)c1ccc(OCc2ccccc2)cc1. The van der Waals surface area contributed by atoms with Gasteiger partial charge in [-0.05, 0) is 37.1 Å². The minimum absolute atomic E-state index is 0.293. The molecule has 0 aliphatic carbocycles. The Bertz CT molecular complexity index is 548. The lowest BCUT2D eigenvalue weighted by atomic mass is 10.1. The first kappa shape index (κ1) is 15.3. The van der Waals surface area contributed by atoms with Crippen molar-refractivity contribution in [1.29, 1.82) is 0 Å². The van der Waals surface area contributed by atoms with Crippen molar-refractivity contribution in [3.63, 3.8) is 0 Å². The predicted molar refractivity (Wildman–Crippen MR) is 88.4 cm³/mol. The van der Waals surface area contributed by atoms with Crippen LogP contribution in [0, 0.1) is 0 Å². The molecule has 2 nitrogen and oxygen atoms in total. The Hall–Kier alpha value is -2.06. The number of nitrogens with one attached hydrogen (secondary N) is 1. The van der Waals surface area contributed by atoms with Gasteiger partial charge in [0, 0.05) is 12.1 Å². The molecule has 110 valence electrons. The van der Waals surface area contributed by atoms with Crippen molar-refractivity contribution < 1.29 is 4.74 Å². The molecule has 2 heteroatoms. The quantitative estimate of drug-likeness (QED) is 0.755. The summed E-state index contributed by atoms with van der Waals surface area (Å²) in [7, 11) is 0. The fourth-order valence-corrected chi connectivity index (χ4v) is 2.15. The van der Waals surface area contributed by atoms with Crippen LogP contribution in [0.1, 0.15) is 31.0 Å². The lowest BCUT2D eigenvalue weighted by Crippen LogP contribution is -2.26. The standard InChI is InChI=1S/C19H23NO/c1-4-15(2)20-16(3)18-10-12-19(13-11-18)21-14-17-8-6-5-7-9-17/h4-13,15-16,20H,1,14H2,2-3H3. The molecule has 2 aromatic carbocycles. The minimum atomic E-state index is 0.293. The third-order valence-corrected chi connectivity index (χ3v) is 3.49. The molecule has 0 heterocycles. The van der Waals surface area contributed by atoms with Gasteiger partial charge in [0.2, 0.25) is 0 Å². The Morgan fingerprint density at radius 1 is 1.05 bits per heavy atom. The first-order chi connectivity index (χ1) is 10.2. The highest BCUT2D eigenvalue weighted by molar-refractivity contribution is 5.29. The van der Waals surface area contributed by atoms with Crippen LogP contribution in [0.2, 0.25) is 0 Å². The van der Waals surface area contributed by atoms with Gasteiger partial charge in [0.05, 0.1) is 0 Å². The third-order valence-electron chi connectivity index (χ3n) is 3.49. The Kier molecular flexibility index (Phi) is 5.59. The molecule has 2 aromatic rings. The zero-order chi connectivity index (χ0) is 15.1. The summed E-state index contributed by atoms with van der Waals surface area (Å²) in [6.45, 7) is 8.64. The number of hydrogen-bond acceptors (Lipinski definition) is 2. The molecule has 2 rings (SSSR count). The highest BCUT2D eigenvalue weighted by Gasteiger charge is 2.07. The van der Waals surface area contributed by atoms with Crippen molar-refractivity contribution in [3.05, 3.63) is 78.4 Å². The van der Waals surface area contributed by atoms with E-state index in [1.807, 2.05) is 36.4 Å². The highest BCUT2D eigenvalue weighted by Crippen LogP contribution is 2.19. The van der Waals surface area contributed by atoms with Crippen molar-refractivity contribution in [2.24, 2.45) is 0 Å². The lowest BCUT2D eigenvalue weighted by molar-refractivity contribution is 0.306. The number of hydrogen-bond donors (Lipinski definition) is 1. The molecule has 2 unspecified atom stereocenters. The summed E-state index contributed by atoms with van der Waals surface area (Å²) < 4.78 is 5.79. The smallest absolute Gasteiger partial charge is 0.119 e.